The Morgan fingerprint density at radius 2 is 1.96 bits per heavy atom. The van der Waals surface area contributed by atoms with Crippen LogP contribution < -0.4 is 10.2 Å². The number of aromatic nitrogens is 2. The van der Waals surface area contributed by atoms with Crippen LogP contribution in [-0.4, -0.2) is 23.1 Å². The minimum Gasteiger partial charge on any atom is -0.341 e. The van der Waals surface area contributed by atoms with Crippen molar-refractivity contribution < 1.29 is 0 Å². The van der Waals surface area contributed by atoms with Gasteiger partial charge in [0.1, 0.15) is 5.82 Å². The second kappa shape index (κ2) is 6.75. The first-order valence-electron chi connectivity index (χ1n) is 8.14. The zero-order chi connectivity index (χ0) is 16.4. The maximum Gasteiger partial charge on any atom is 0.227 e. The Morgan fingerprint density at radius 3 is 2.65 bits per heavy atom. The fraction of sp³-hybridized carbons (Fsp3) is 0.444. The molecule has 0 aliphatic carbocycles. The van der Waals surface area contributed by atoms with Crippen LogP contribution >= 0.6 is 11.6 Å². The summed E-state index contributed by atoms with van der Waals surface area (Å²) in [6.07, 6.45) is 4.20. The number of piperidine rings is 1. The van der Waals surface area contributed by atoms with E-state index >= 15 is 0 Å². The van der Waals surface area contributed by atoms with Gasteiger partial charge in [-0.05, 0) is 55.9 Å². The van der Waals surface area contributed by atoms with E-state index in [-0.39, 0.29) is 0 Å². The summed E-state index contributed by atoms with van der Waals surface area (Å²) in [6.45, 7) is 8.44. The van der Waals surface area contributed by atoms with E-state index < -0.39 is 0 Å². The third-order valence-electron chi connectivity index (χ3n) is 4.39. The first-order chi connectivity index (χ1) is 11.0. The van der Waals surface area contributed by atoms with E-state index in [0.29, 0.717) is 0 Å². The highest BCUT2D eigenvalue weighted by atomic mass is 35.5. The zero-order valence-electron chi connectivity index (χ0n) is 13.9. The number of hydrogen-bond acceptors (Lipinski definition) is 4. The number of halogens is 1. The number of rotatable bonds is 3. The summed E-state index contributed by atoms with van der Waals surface area (Å²) in [7, 11) is 0. The fourth-order valence-corrected chi connectivity index (χ4v) is 3.35. The van der Waals surface area contributed by atoms with E-state index in [9.17, 15) is 0 Å². The highest BCUT2D eigenvalue weighted by Gasteiger charge is 2.18. The molecular formula is C18H23ClN4. The van der Waals surface area contributed by atoms with Gasteiger partial charge >= 0.3 is 0 Å². The van der Waals surface area contributed by atoms with Crippen LogP contribution in [0.3, 0.4) is 0 Å². The average molecular weight is 331 g/mol. The van der Waals surface area contributed by atoms with E-state index in [2.05, 4.69) is 40.1 Å². The largest absolute Gasteiger partial charge is 0.341 e. The molecular weight excluding hydrogens is 308 g/mol. The minimum absolute atomic E-state index is 0.717. The fourth-order valence-electron chi connectivity index (χ4n) is 2.98. The number of anilines is 3. The molecule has 0 spiro atoms. The molecule has 5 heteroatoms. The highest BCUT2D eigenvalue weighted by Crippen LogP contribution is 2.30. The van der Waals surface area contributed by atoms with Crippen molar-refractivity contribution in [2.75, 3.05) is 23.3 Å². The smallest absolute Gasteiger partial charge is 0.227 e. The van der Waals surface area contributed by atoms with Gasteiger partial charge in [-0.15, -0.1) is 0 Å². The van der Waals surface area contributed by atoms with Gasteiger partial charge < -0.3 is 10.2 Å². The Hall–Kier alpha value is -1.81. The van der Waals surface area contributed by atoms with Crippen LogP contribution in [0.25, 0.3) is 0 Å². The molecule has 0 atom stereocenters. The summed E-state index contributed by atoms with van der Waals surface area (Å²) >= 11 is 6.37. The first-order valence-corrected chi connectivity index (χ1v) is 8.52. The molecule has 0 saturated carbocycles. The molecule has 1 aliphatic rings. The average Bonchev–Trinajstić information content (AvgIpc) is 2.52. The lowest BCUT2D eigenvalue weighted by Crippen LogP contribution is -2.34. The van der Waals surface area contributed by atoms with Gasteiger partial charge in [-0.2, -0.15) is 4.98 Å². The number of nitrogens with zero attached hydrogens (tertiary/aromatic N) is 3. The van der Waals surface area contributed by atoms with Gasteiger partial charge in [0.25, 0.3) is 0 Å². The van der Waals surface area contributed by atoms with E-state index in [1.165, 1.54) is 12.8 Å². The molecule has 0 radical (unpaired) electrons. The van der Waals surface area contributed by atoms with E-state index in [0.717, 1.165) is 52.6 Å². The normalized spacial score (nSPS) is 15.7. The predicted molar refractivity (Wildman–Crippen MR) is 96.9 cm³/mol. The summed E-state index contributed by atoms with van der Waals surface area (Å²) < 4.78 is 0. The van der Waals surface area contributed by atoms with Crippen LogP contribution in [0, 0.1) is 19.8 Å². The lowest BCUT2D eigenvalue weighted by atomic mass is 10.00. The molecule has 2 heterocycles. The van der Waals surface area contributed by atoms with Gasteiger partial charge in [-0.1, -0.05) is 24.6 Å². The maximum atomic E-state index is 6.37. The molecule has 3 rings (SSSR count). The van der Waals surface area contributed by atoms with Gasteiger partial charge in [0.2, 0.25) is 5.95 Å². The van der Waals surface area contributed by atoms with Crippen molar-refractivity contribution in [2.24, 2.45) is 5.92 Å². The van der Waals surface area contributed by atoms with Crippen molar-refractivity contribution in [2.45, 2.75) is 33.6 Å². The molecule has 1 aromatic carbocycles. The first kappa shape index (κ1) is 16.1. The van der Waals surface area contributed by atoms with Gasteiger partial charge in [-0.3, -0.25) is 0 Å². The molecule has 1 saturated heterocycles. The number of aryl methyl sites for hydroxylation is 2. The number of nitrogens with one attached hydrogen (secondary N) is 1. The minimum atomic E-state index is 0.717. The second-order valence-electron chi connectivity index (χ2n) is 6.48. The summed E-state index contributed by atoms with van der Waals surface area (Å²) in [4.78, 5) is 11.4. The highest BCUT2D eigenvalue weighted by molar-refractivity contribution is 6.33. The molecule has 1 aliphatic heterocycles. The van der Waals surface area contributed by atoms with Crippen molar-refractivity contribution in [3.05, 3.63) is 40.5 Å². The topological polar surface area (TPSA) is 41.1 Å². The SMILES string of the molecule is Cc1cc(C)c(Nc2ccnc(N3CCC(C)CC3)n2)c(Cl)c1. The summed E-state index contributed by atoms with van der Waals surface area (Å²) in [5.74, 6) is 2.37. The molecule has 0 amide bonds. The lowest BCUT2D eigenvalue weighted by Gasteiger charge is -2.30. The van der Waals surface area contributed by atoms with E-state index in [1.54, 1.807) is 6.20 Å². The molecule has 1 N–H and O–H groups in total. The molecule has 1 fully saturated rings. The quantitative estimate of drug-likeness (QED) is 0.883. The Bertz CT molecular complexity index is 670. The van der Waals surface area contributed by atoms with Crippen LogP contribution in [0.1, 0.15) is 30.9 Å². The van der Waals surface area contributed by atoms with Crippen molar-refractivity contribution >= 4 is 29.1 Å². The molecule has 4 nitrogen and oxygen atoms in total. The number of hydrogen-bond donors (Lipinski definition) is 1. The standard InChI is InChI=1S/C18H23ClN4/c1-12-5-8-23(9-6-12)18-20-7-4-16(22-18)21-17-14(3)10-13(2)11-15(17)19/h4,7,10-12H,5-6,8-9H2,1-3H3,(H,20,21,22). The molecule has 1 aromatic heterocycles. The van der Waals surface area contributed by atoms with E-state index in [4.69, 9.17) is 11.6 Å². The van der Waals surface area contributed by atoms with Crippen LogP contribution in [0.2, 0.25) is 5.02 Å². The Kier molecular flexibility index (Phi) is 4.71. The second-order valence-corrected chi connectivity index (χ2v) is 6.88. The lowest BCUT2D eigenvalue weighted by molar-refractivity contribution is 0.434. The summed E-state index contributed by atoms with van der Waals surface area (Å²) in [5.41, 5.74) is 3.18. The predicted octanol–water partition coefficient (Wildman–Crippen LogP) is 4.73. The molecule has 0 unspecified atom stereocenters. The summed E-state index contributed by atoms with van der Waals surface area (Å²) in [5, 5.41) is 4.06. The Labute approximate surface area is 142 Å². The van der Waals surface area contributed by atoms with Gasteiger partial charge in [0, 0.05) is 19.3 Å². The van der Waals surface area contributed by atoms with Crippen LogP contribution in [-0.2, 0) is 0 Å². The molecule has 23 heavy (non-hydrogen) atoms. The van der Waals surface area contributed by atoms with Crippen LogP contribution in [0.4, 0.5) is 17.5 Å². The van der Waals surface area contributed by atoms with Crippen molar-refractivity contribution in [1.82, 2.24) is 9.97 Å². The Balaban J connectivity index is 1.81. The Morgan fingerprint density at radius 1 is 1.22 bits per heavy atom. The van der Waals surface area contributed by atoms with Gasteiger partial charge in [0.15, 0.2) is 0 Å². The molecule has 0 bridgehead atoms. The van der Waals surface area contributed by atoms with Gasteiger partial charge in [0.05, 0.1) is 10.7 Å². The molecule has 2 aromatic rings. The van der Waals surface area contributed by atoms with Crippen molar-refractivity contribution in [3.8, 4) is 0 Å². The molecule has 122 valence electrons. The maximum absolute atomic E-state index is 6.37. The monoisotopic (exact) mass is 330 g/mol. The van der Waals surface area contributed by atoms with Crippen molar-refractivity contribution in [3.63, 3.8) is 0 Å². The number of benzene rings is 1. The van der Waals surface area contributed by atoms with Crippen LogP contribution in [0.5, 0.6) is 0 Å². The van der Waals surface area contributed by atoms with Gasteiger partial charge in [-0.25, -0.2) is 4.98 Å². The van der Waals surface area contributed by atoms with E-state index in [1.807, 2.05) is 19.1 Å². The van der Waals surface area contributed by atoms with Crippen LogP contribution in [0.15, 0.2) is 24.4 Å². The zero-order valence-corrected chi connectivity index (χ0v) is 14.7. The summed E-state index contributed by atoms with van der Waals surface area (Å²) in [6, 6.07) is 5.96. The third-order valence-corrected chi connectivity index (χ3v) is 4.69. The third kappa shape index (κ3) is 3.75. The van der Waals surface area contributed by atoms with Crippen molar-refractivity contribution in [1.29, 1.82) is 0 Å².